The van der Waals surface area contributed by atoms with Gasteiger partial charge < -0.3 is 23.4 Å². The highest BCUT2D eigenvalue weighted by molar-refractivity contribution is 5.91. The van der Waals surface area contributed by atoms with Crippen LogP contribution in [0, 0.1) is 0 Å². The molecule has 7 nitrogen and oxygen atoms in total. The molecule has 3 heterocycles. The molecule has 0 amide bonds. The first-order valence-corrected chi connectivity index (χ1v) is 14.0. The predicted molar refractivity (Wildman–Crippen MR) is 156 cm³/mol. The maximum absolute atomic E-state index is 13.6. The Morgan fingerprint density at radius 3 is 1.65 bits per heavy atom. The first kappa shape index (κ1) is 28.0. The number of fused-ring (bicyclic) bond motifs is 4. The molecule has 2 atom stereocenters. The molecule has 0 radical (unpaired) electrons. The summed E-state index contributed by atoms with van der Waals surface area (Å²) < 4.78 is 23.8. The molecule has 2 aromatic heterocycles. The van der Waals surface area contributed by atoms with Gasteiger partial charge in [0, 0.05) is 7.11 Å². The van der Waals surface area contributed by atoms with E-state index in [0.717, 1.165) is 22.3 Å². The van der Waals surface area contributed by atoms with Crippen LogP contribution in [-0.2, 0) is 4.74 Å². The normalized spacial score (nSPS) is 17.1. The van der Waals surface area contributed by atoms with E-state index in [1.807, 2.05) is 45.9 Å². The fourth-order valence-corrected chi connectivity index (χ4v) is 5.67. The summed E-state index contributed by atoms with van der Waals surface area (Å²) in [7, 11) is 1.44. The molecule has 0 saturated carbocycles. The third-order valence-electron chi connectivity index (χ3n) is 8.05. The number of aromatic hydroxyl groups is 1. The quantitative estimate of drug-likeness (QED) is 0.249. The summed E-state index contributed by atoms with van der Waals surface area (Å²) in [6.45, 7) is 16.4. The number of hydrogen-bond donors (Lipinski definition) is 1. The van der Waals surface area contributed by atoms with Crippen molar-refractivity contribution < 1.29 is 23.4 Å². The average molecular weight is 547 g/mol. The summed E-state index contributed by atoms with van der Waals surface area (Å²) in [5.41, 5.74) is 3.29. The van der Waals surface area contributed by atoms with Gasteiger partial charge in [0.2, 0.25) is 6.29 Å². The van der Waals surface area contributed by atoms with E-state index in [2.05, 4.69) is 33.8 Å². The van der Waals surface area contributed by atoms with Gasteiger partial charge in [-0.3, -0.25) is 0 Å². The summed E-state index contributed by atoms with van der Waals surface area (Å²) in [5, 5.41) is 12.7. The molecular weight excluding hydrogens is 508 g/mol. The Bertz CT molecular complexity index is 1740. The van der Waals surface area contributed by atoms with Crippen LogP contribution in [0.1, 0.15) is 118 Å². The number of methoxy groups -OCH3 is 1. The van der Waals surface area contributed by atoms with Gasteiger partial charge >= 0.3 is 11.3 Å². The van der Waals surface area contributed by atoms with Crippen LogP contribution in [0.25, 0.3) is 21.9 Å². The van der Waals surface area contributed by atoms with Crippen molar-refractivity contribution in [2.24, 2.45) is 0 Å². The van der Waals surface area contributed by atoms with Gasteiger partial charge in [0.15, 0.2) is 0 Å². The number of hydrogen-bond acceptors (Lipinski definition) is 7. The van der Waals surface area contributed by atoms with E-state index in [1.54, 1.807) is 0 Å². The molecule has 5 rings (SSSR count). The van der Waals surface area contributed by atoms with Crippen LogP contribution in [0.15, 0.2) is 42.7 Å². The Kier molecular flexibility index (Phi) is 7.07. The maximum atomic E-state index is 13.6. The van der Waals surface area contributed by atoms with Gasteiger partial charge in [-0.2, -0.15) is 0 Å². The maximum Gasteiger partial charge on any atom is 0.344 e. The summed E-state index contributed by atoms with van der Waals surface area (Å²) in [6, 6.07) is 7.90. The molecule has 40 heavy (non-hydrogen) atoms. The van der Waals surface area contributed by atoms with E-state index in [0.29, 0.717) is 27.7 Å². The van der Waals surface area contributed by atoms with E-state index in [1.165, 1.54) is 7.11 Å². The van der Waals surface area contributed by atoms with E-state index in [4.69, 9.17) is 18.3 Å². The standard InChI is InChI=1S/C33H38O7/c1-14(2)18-10-20(16(5)6)28-22(12-18)27(34)25(31(35)38-28)24-26-30(40-33(24)37-9)23-13-19(15(3)4)11-21(17(7)8)29(23)39-32(26)36/h10-17,24,33-34H,1-9H3. The summed E-state index contributed by atoms with van der Waals surface area (Å²) in [6.07, 6.45) is -1.04. The van der Waals surface area contributed by atoms with Crippen molar-refractivity contribution in [1.29, 1.82) is 0 Å². The van der Waals surface area contributed by atoms with E-state index < -0.39 is 23.5 Å². The van der Waals surface area contributed by atoms with Crippen LogP contribution in [0.3, 0.4) is 0 Å². The lowest BCUT2D eigenvalue weighted by molar-refractivity contribution is -0.0472. The van der Waals surface area contributed by atoms with Crippen molar-refractivity contribution in [1.82, 2.24) is 0 Å². The Morgan fingerprint density at radius 1 is 0.700 bits per heavy atom. The Hall–Kier alpha value is -3.58. The van der Waals surface area contributed by atoms with E-state index >= 15 is 0 Å². The monoisotopic (exact) mass is 546 g/mol. The Balaban J connectivity index is 1.85. The lowest BCUT2D eigenvalue weighted by atomic mass is 9.88. The van der Waals surface area contributed by atoms with E-state index in [-0.39, 0.29) is 40.5 Å². The van der Waals surface area contributed by atoms with Crippen molar-refractivity contribution >= 4 is 21.9 Å². The number of rotatable bonds is 6. The molecule has 0 saturated heterocycles. The second-order valence-corrected chi connectivity index (χ2v) is 12.1. The summed E-state index contributed by atoms with van der Waals surface area (Å²) >= 11 is 0. The van der Waals surface area contributed by atoms with Crippen LogP contribution in [0.2, 0.25) is 0 Å². The molecule has 0 spiro atoms. The fraction of sp³-hybridized carbons (Fsp3) is 0.455. The van der Waals surface area contributed by atoms with Crippen molar-refractivity contribution in [3.8, 4) is 11.5 Å². The Labute approximate surface area is 233 Å². The van der Waals surface area contributed by atoms with Crippen LogP contribution in [-0.4, -0.2) is 18.5 Å². The van der Waals surface area contributed by atoms with Gasteiger partial charge in [-0.1, -0.05) is 67.5 Å². The fourth-order valence-electron chi connectivity index (χ4n) is 5.67. The van der Waals surface area contributed by atoms with Gasteiger partial charge in [0.25, 0.3) is 0 Å². The van der Waals surface area contributed by atoms with Crippen molar-refractivity contribution in [3.05, 3.63) is 78.5 Å². The minimum absolute atomic E-state index is 0.0561. The van der Waals surface area contributed by atoms with Gasteiger partial charge in [0.1, 0.15) is 22.7 Å². The van der Waals surface area contributed by atoms with Gasteiger partial charge in [-0.15, -0.1) is 0 Å². The zero-order valence-electron chi connectivity index (χ0n) is 24.7. The summed E-state index contributed by atoms with van der Waals surface area (Å²) in [5.74, 6) is -0.413. The van der Waals surface area contributed by atoms with Crippen LogP contribution >= 0.6 is 0 Å². The predicted octanol–water partition coefficient (Wildman–Crippen LogP) is 7.60. The van der Waals surface area contributed by atoms with Gasteiger partial charge in [-0.05, 0) is 58.1 Å². The molecule has 0 aliphatic carbocycles. The molecule has 0 fully saturated rings. The highest BCUT2D eigenvalue weighted by atomic mass is 16.7. The molecule has 4 aromatic rings. The molecule has 0 bridgehead atoms. The lowest BCUT2D eigenvalue weighted by Gasteiger charge is -2.19. The highest BCUT2D eigenvalue weighted by Gasteiger charge is 2.44. The second kappa shape index (κ2) is 10.1. The molecule has 1 aliphatic rings. The van der Waals surface area contributed by atoms with Crippen molar-refractivity contribution in [2.45, 2.75) is 91.3 Å². The third kappa shape index (κ3) is 4.31. The lowest BCUT2D eigenvalue weighted by Crippen LogP contribution is -2.28. The minimum atomic E-state index is -1.04. The molecule has 2 aromatic carbocycles. The molecule has 1 N–H and O–H groups in total. The minimum Gasteiger partial charge on any atom is -0.507 e. The summed E-state index contributed by atoms with van der Waals surface area (Å²) in [4.78, 5) is 27.2. The molecule has 212 valence electrons. The highest BCUT2D eigenvalue weighted by Crippen LogP contribution is 2.48. The van der Waals surface area contributed by atoms with Gasteiger partial charge in [0.05, 0.1) is 27.8 Å². The molecule has 2 unspecified atom stereocenters. The van der Waals surface area contributed by atoms with Crippen LogP contribution in [0.4, 0.5) is 0 Å². The van der Waals surface area contributed by atoms with Crippen LogP contribution in [0.5, 0.6) is 11.5 Å². The largest absolute Gasteiger partial charge is 0.507 e. The first-order valence-electron chi connectivity index (χ1n) is 14.0. The molecular formula is C33H38O7. The number of benzene rings is 2. The topological polar surface area (TPSA) is 99.1 Å². The van der Waals surface area contributed by atoms with E-state index in [9.17, 15) is 14.7 Å². The second-order valence-electron chi connectivity index (χ2n) is 12.1. The van der Waals surface area contributed by atoms with Gasteiger partial charge in [-0.25, -0.2) is 9.59 Å². The average Bonchev–Trinajstić information content (AvgIpc) is 3.27. The Morgan fingerprint density at radius 2 is 1.18 bits per heavy atom. The first-order chi connectivity index (χ1) is 18.8. The van der Waals surface area contributed by atoms with Crippen LogP contribution < -0.4 is 16.0 Å². The van der Waals surface area contributed by atoms with Crippen molar-refractivity contribution in [3.63, 3.8) is 0 Å². The zero-order valence-corrected chi connectivity index (χ0v) is 24.7. The molecule has 1 aliphatic heterocycles. The third-order valence-corrected chi connectivity index (χ3v) is 8.05. The smallest absolute Gasteiger partial charge is 0.344 e. The molecule has 7 heteroatoms. The van der Waals surface area contributed by atoms with Crippen molar-refractivity contribution in [2.75, 3.05) is 7.11 Å². The zero-order chi connectivity index (χ0) is 29.2. The SMILES string of the molecule is COC1Oc2c(c(=O)oc3c(C(C)C)cc(C(C)C)cc23)C1c1c(O)c2cc(C(C)C)cc(C(C)C)c2oc1=O. The number of ether oxygens (including phenoxy) is 2.